The minimum absolute atomic E-state index is 0.00273. The van der Waals surface area contributed by atoms with Crippen molar-refractivity contribution < 1.29 is 35.9 Å². The van der Waals surface area contributed by atoms with Crippen LogP contribution in [0.4, 0.5) is 37.7 Å². The van der Waals surface area contributed by atoms with E-state index >= 15 is 0 Å². The van der Waals surface area contributed by atoms with E-state index in [-0.39, 0.29) is 22.5 Å². The number of para-hydroxylation sites is 2. The summed E-state index contributed by atoms with van der Waals surface area (Å²) in [5.41, 5.74) is -0.461. The van der Waals surface area contributed by atoms with Crippen LogP contribution in [-0.2, 0) is 9.59 Å². The first-order chi connectivity index (χ1) is 13.0. The second kappa shape index (κ2) is 8.04. The molecule has 4 nitrogen and oxygen atoms in total. The molecular formula is C18H10F6N2O2. The van der Waals surface area contributed by atoms with Crippen LogP contribution in [0.2, 0.25) is 0 Å². The van der Waals surface area contributed by atoms with Crippen LogP contribution in [0.5, 0.6) is 0 Å². The third-order valence-electron chi connectivity index (χ3n) is 3.20. The Hall–Kier alpha value is -3.48. The highest BCUT2D eigenvalue weighted by Crippen LogP contribution is 2.22. The first-order valence-corrected chi connectivity index (χ1v) is 7.45. The largest absolute Gasteiger partial charge is 0.471 e. The fourth-order valence-corrected chi connectivity index (χ4v) is 1.92. The SMILES string of the molecule is O=C(Nc1ccccc1C#Cc1ccccc1NC(=O)C(F)(F)F)C(F)(F)F. The van der Waals surface area contributed by atoms with Crippen LogP contribution in [0.25, 0.3) is 0 Å². The van der Waals surface area contributed by atoms with E-state index in [0.29, 0.717) is 0 Å². The molecule has 0 radical (unpaired) electrons. The number of carbonyl (C=O) groups is 2. The number of halogens is 6. The zero-order chi connectivity index (χ0) is 20.9. The van der Waals surface area contributed by atoms with Crippen molar-refractivity contribution >= 4 is 23.2 Å². The molecule has 2 aromatic carbocycles. The van der Waals surface area contributed by atoms with Crippen molar-refractivity contribution in [2.45, 2.75) is 12.4 Å². The molecule has 0 unspecified atom stereocenters. The van der Waals surface area contributed by atoms with Crippen molar-refractivity contribution in [3.8, 4) is 11.8 Å². The number of carbonyl (C=O) groups excluding carboxylic acids is 2. The van der Waals surface area contributed by atoms with Crippen LogP contribution in [-0.4, -0.2) is 24.2 Å². The maximum Gasteiger partial charge on any atom is 0.471 e. The average Bonchev–Trinajstić information content (AvgIpc) is 2.60. The van der Waals surface area contributed by atoms with Crippen LogP contribution < -0.4 is 10.6 Å². The predicted octanol–water partition coefficient (Wildman–Crippen LogP) is 4.09. The topological polar surface area (TPSA) is 58.2 Å². The summed E-state index contributed by atoms with van der Waals surface area (Å²) in [7, 11) is 0. The fourth-order valence-electron chi connectivity index (χ4n) is 1.92. The Balaban J connectivity index is 2.33. The van der Waals surface area contributed by atoms with Gasteiger partial charge in [0.05, 0.1) is 11.4 Å². The number of amides is 2. The Morgan fingerprint density at radius 3 is 1.29 bits per heavy atom. The van der Waals surface area contributed by atoms with E-state index in [4.69, 9.17) is 0 Å². The molecule has 0 bridgehead atoms. The van der Waals surface area contributed by atoms with Crippen LogP contribution >= 0.6 is 0 Å². The van der Waals surface area contributed by atoms with Gasteiger partial charge in [0.1, 0.15) is 0 Å². The molecule has 0 heterocycles. The van der Waals surface area contributed by atoms with Gasteiger partial charge in [0, 0.05) is 11.1 Å². The van der Waals surface area contributed by atoms with Crippen LogP contribution in [0, 0.1) is 11.8 Å². The summed E-state index contributed by atoms with van der Waals surface area (Å²) in [4.78, 5) is 22.2. The molecule has 146 valence electrons. The lowest BCUT2D eigenvalue weighted by Crippen LogP contribution is -2.30. The molecule has 2 N–H and O–H groups in total. The van der Waals surface area contributed by atoms with E-state index in [0.717, 1.165) is 0 Å². The van der Waals surface area contributed by atoms with E-state index in [1.165, 1.54) is 48.5 Å². The van der Waals surface area contributed by atoms with Crippen LogP contribution in [0.15, 0.2) is 48.5 Å². The number of rotatable bonds is 2. The van der Waals surface area contributed by atoms with E-state index in [2.05, 4.69) is 11.8 Å². The molecule has 0 atom stereocenters. The fraction of sp³-hybridized carbons (Fsp3) is 0.111. The zero-order valence-corrected chi connectivity index (χ0v) is 13.7. The zero-order valence-electron chi connectivity index (χ0n) is 13.7. The average molecular weight is 400 g/mol. The number of anilines is 2. The van der Waals surface area contributed by atoms with Gasteiger partial charge in [-0.1, -0.05) is 36.1 Å². The molecular weight excluding hydrogens is 390 g/mol. The van der Waals surface area contributed by atoms with Gasteiger partial charge in [-0.2, -0.15) is 26.3 Å². The second-order valence-corrected chi connectivity index (χ2v) is 5.24. The lowest BCUT2D eigenvalue weighted by Gasteiger charge is -2.10. The van der Waals surface area contributed by atoms with Crippen LogP contribution in [0.1, 0.15) is 11.1 Å². The second-order valence-electron chi connectivity index (χ2n) is 5.24. The molecule has 0 aromatic heterocycles. The number of hydrogen-bond donors (Lipinski definition) is 2. The molecule has 0 aliphatic carbocycles. The highest BCUT2D eigenvalue weighted by atomic mass is 19.4. The summed E-state index contributed by atoms with van der Waals surface area (Å²) in [6, 6.07) is 10.6. The Morgan fingerprint density at radius 1 is 0.643 bits per heavy atom. The predicted molar refractivity (Wildman–Crippen MR) is 88.2 cm³/mol. The molecule has 2 rings (SSSR count). The van der Waals surface area contributed by atoms with Gasteiger partial charge in [0.2, 0.25) is 0 Å². The smallest absolute Gasteiger partial charge is 0.317 e. The summed E-state index contributed by atoms with van der Waals surface area (Å²) < 4.78 is 74.4. The summed E-state index contributed by atoms with van der Waals surface area (Å²) in [5, 5.41) is 3.34. The molecule has 0 fully saturated rings. The molecule has 0 aliphatic heterocycles. The van der Waals surface area contributed by atoms with E-state index < -0.39 is 24.2 Å². The standard InChI is InChI=1S/C18H10F6N2O2/c19-17(20,21)15(27)25-13-7-3-1-5-11(13)9-10-12-6-2-4-8-14(12)26-16(28)18(22,23)24/h1-8H,(H,25,27)(H,26,28). The van der Waals surface area contributed by atoms with Crippen molar-refractivity contribution in [3.05, 3.63) is 59.7 Å². The number of nitrogens with one attached hydrogen (secondary N) is 2. The monoisotopic (exact) mass is 400 g/mol. The molecule has 2 aromatic rings. The van der Waals surface area contributed by atoms with Crippen molar-refractivity contribution in [2.75, 3.05) is 10.6 Å². The Kier molecular flexibility index (Phi) is 5.98. The minimum atomic E-state index is -5.10. The molecule has 28 heavy (non-hydrogen) atoms. The molecule has 0 saturated carbocycles. The molecule has 2 amide bonds. The van der Waals surface area contributed by atoms with Gasteiger partial charge in [0.25, 0.3) is 0 Å². The Morgan fingerprint density at radius 2 is 0.964 bits per heavy atom. The molecule has 0 aliphatic rings. The van der Waals surface area contributed by atoms with E-state index in [1.807, 2.05) is 0 Å². The van der Waals surface area contributed by atoms with Crippen molar-refractivity contribution in [3.63, 3.8) is 0 Å². The highest BCUT2D eigenvalue weighted by molar-refractivity contribution is 5.97. The van der Waals surface area contributed by atoms with Crippen molar-refractivity contribution in [2.24, 2.45) is 0 Å². The summed E-state index contributed by atoms with van der Waals surface area (Å²) in [6.45, 7) is 0. The molecule has 0 spiro atoms. The number of hydrogen-bond acceptors (Lipinski definition) is 2. The molecule has 0 saturated heterocycles. The summed E-state index contributed by atoms with van der Waals surface area (Å²) >= 11 is 0. The van der Waals surface area contributed by atoms with Gasteiger partial charge < -0.3 is 10.6 Å². The van der Waals surface area contributed by atoms with Gasteiger partial charge in [-0.25, -0.2) is 0 Å². The first-order valence-electron chi connectivity index (χ1n) is 7.45. The lowest BCUT2D eigenvalue weighted by atomic mass is 10.1. The maximum atomic E-state index is 12.4. The van der Waals surface area contributed by atoms with E-state index in [9.17, 15) is 35.9 Å². The number of alkyl halides is 6. The van der Waals surface area contributed by atoms with Gasteiger partial charge in [-0.15, -0.1) is 0 Å². The van der Waals surface area contributed by atoms with Gasteiger partial charge in [-0.05, 0) is 24.3 Å². The quantitative estimate of drug-likeness (QED) is 0.590. The van der Waals surface area contributed by atoms with Crippen molar-refractivity contribution in [1.82, 2.24) is 0 Å². The van der Waals surface area contributed by atoms with Crippen LogP contribution in [0.3, 0.4) is 0 Å². The third-order valence-corrected chi connectivity index (χ3v) is 3.20. The van der Waals surface area contributed by atoms with Gasteiger partial charge in [0.15, 0.2) is 0 Å². The first kappa shape index (κ1) is 20.8. The maximum absolute atomic E-state index is 12.4. The van der Waals surface area contributed by atoms with Crippen molar-refractivity contribution in [1.29, 1.82) is 0 Å². The highest BCUT2D eigenvalue weighted by Gasteiger charge is 2.39. The van der Waals surface area contributed by atoms with E-state index in [1.54, 1.807) is 10.6 Å². The summed E-state index contributed by atoms with van der Waals surface area (Å²) in [6.07, 6.45) is -10.2. The van der Waals surface area contributed by atoms with Gasteiger partial charge in [-0.3, -0.25) is 9.59 Å². The third kappa shape index (κ3) is 5.51. The summed E-state index contributed by atoms with van der Waals surface area (Å²) in [5.74, 6) is 0.559. The lowest BCUT2D eigenvalue weighted by molar-refractivity contribution is -0.167. The molecule has 10 heteroatoms. The normalized spacial score (nSPS) is 11.2. The Labute approximate surface area is 154 Å². The Bertz CT molecular complexity index is 879. The minimum Gasteiger partial charge on any atom is -0.317 e. The van der Waals surface area contributed by atoms with Gasteiger partial charge >= 0.3 is 24.2 Å². The number of benzene rings is 2.